The van der Waals surface area contributed by atoms with Crippen LogP contribution in [0, 0.1) is 23.6 Å². The second-order valence-corrected chi connectivity index (χ2v) is 5.62. The van der Waals surface area contributed by atoms with Crippen LogP contribution < -0.4 is 5.73 Å². The second-order valence-electron chi connectivity index (χ2n) is 5.62. The van der Waals surface area contributed by atoms with Crippen LogP contribution in [0.3, 0.4) is 0 Å². The molecule has 2 nitrogen and oxygen atoms in total. The van der Waals surface area contributed by atoms with E-state index in [4.69, 9.17) is 5.73 Å². The van der Waals surface area contributed by atoms with Crippen molar-refractivity contribution in [1.82, 2.24) is 4.90 Å². The molecular formula is C17H23FN2. The highest BCUT2D eigenvalue weighted by Gasteiger charge is 2.15. The van der Waals surface area contributed by atoms with E-state index < -0.39 is 0 Å². The standard InChI is InChI=1S/C17H23FN2/c1-14-4-3-10-20(11-8-14)13-16-6-7-17(18)12-15(16)5-2-9-19/h6-7,12,14H,3-4,8-11,13,19H2,1H3. The van der Waals surface area contributed by atoms with E-state index in [-0.39, 0.29) is 5.82 Å². The zero-order valence-corrected chi connectivity index (χ0v) is 12.2. The molecule has 0 aromatic heterocycles. The smallest absolute Gasteiger partial charge is 0.124 e. The van der Waals surface area contributed by atoms with Crippen LogP contribution in [0.2, 0.25) is 0 Å². The van der Waals surface area contributed by atoms with Crippen molar-refractivity contribution in [3.05, 3.63) is 35.1 Å². The number of halogens is 1. The summed E-state index contributed by atoms with van der Waals surface area (Å²) < 4.78 is 13.4. The van der Waals surface area contributed by atoms with E-state index >= 15 is 0 Å². The number of nitrogens with zero attached hydrogens (tertiary/aromatic N) is 1. The van der Waals surface area contributed by atoms with Gasteiger partial charge in [0, 0.05) is 12.1 Å². The first-order valence-electron chi connectivity index (χ1n) is 7.38. The van der Waals surface area contributed by atoms with Gasteiger partial charge in [-0.3, -0.25) is 4.90 Å². The molecule has 2 rings (SSSR count). The fraction of sp³-hybridized carbons (Fsp3) is 0.529. The average Bonchev–Trinajstić information content (AvgIpc) is 2.64. The lowest BCUT2D eigenvalue weighted by molar-refractivity contribution is 0.273. The molecule has 1 heterocycles. The predicted molar refractivity (Wildman–Crippen MR) is 80.6 cm³/mol. The van der Waals surface area contributed by atoms with Gasteiger partial charge in [0.1, 0.15) is 5.82 Å². The summed E-state index contributed by atoms with van der Waals surface area (Å²) in [6, 6.07) is 4.88. The highest BCUT2D eigenvalue weighted by atomic mass is 19.1. The summed E-state index contributed by atoms with van der Waals surface area (Å²) in [5, 5.41) is 0. The Morgan fingerprint density at radius 1 is 1.35 bits per heavy atom. The molecule has 108 valence electrons. The molecule has 1 atom stereocenters. The molecule has 20 heavy (non-hydrogen) atoms. The van der Waals surface area contributed by atoms with Crippen LogP contribution in [0.1, 0.15) is 37.3 Å². The van der Waals surface area contributed by atoms with E-state index in [2.05, 4.69) is 23.7 Å². The van der Waals surface area contributed by atoms with E-state index in [9.17, 15) is 4.39 Å². The Morgan fingerprint density at radius 2 is 2.20 bits per heavy atom. The molecule has 0 aliphatic carbocycles. The fourth-order valence-electron chi connectivity index (χ4n) is 2.67. The lowest BCUT2D eigenvalue weighted by Gasteiger charge is -2.20. The highest BCUT2D eigenvalue weighted by molar-refractivity contribution is 5.41. The monoisotopic (exact) mass is 274 g/mol. The first-order valence-corrected chi connectivity index (χ1v) is 7.38. The van der Waals surface area contributed by atoms with Gasteiger partial charge in [-0.25, -0.2) is 4.39 Å². The zero-order valence-electron chi connectivity index (χ0n) is 12.2. The Balaban J connectivity index is 2.11. The summed E-state index contributed by atoms with van der Waals surface area (Å²) in [7, 11) is 0. The minimum absolute atomic E-state index is 0.237. The molecule has 0 spiro atoms. The van der Waals surface area contributed by atoms with Crippen LogP contribution >= 0.6 is 0 Å². The van der Waals surface area contributed by atoms with Crippen LogP contribution in [-0.4, -0.2) is 24.5 Å². The van der Waals surface area contributed by atoms with Gasteiger partial charge in [-0.05, 0) is 56.0 Å². The SMILES string of the molecule is CC1CCCN(Cc2ccc(F)cc2C#CCN)CC1. The van der Waals surface area contributed by atoms with Gasteiger partial charge in [-0.1, -0.05) is 24.8 Å². The van der Waals surface area contributed by atoms with Gasteiger partial charge in [0.2, 0.25) is 0 Å². The zero-order chi connectivity index (χ0) is 14.4. The Kier molecular flexibility index (Phi) is 5.58. The average molecular weight is 274 g/mol. The van der Waals surface area contributed by atoms with Gasteiger partial charge in [-0.15, -0.1) is 0 Å². The van der Waals surface area contributed by atoms with Gasteiger partial charge in [-0.2, -0.15) is 0 Å². The van der Waals surface area contributed by atoms with Crippen molar-refractivity contribution >= 4 is 0 Å². The minimum atomic E-state index is -0.237. The lowest BCUT2D eigenvalue weighted by Crippen LogP contribution is -2.24. The summed E-state index contributed by atoms with van der Waals surface area (Å²) in [6.07, 6.45) is 3.79. The summed E-state index contributed by atoms with van der Waals surface area (Å²) in [5.74, 6) is 6.38. The maximum absolute atomic E-state index is 13.4. The topological polar surface area (TPSA) is 29.3 Å². The Morgan fingerprint density at radius 3 is 3.00 bits per heavy atom. The van der Waals surface area contributed by atoms with Gasteiger partial charge >= 0.3 is 0 Å². The third kappa shape index (κ3) is 4.33. The normalized spacial score (nSPS) is 20.1. The van der Waals surface area contributed by atoms with Crippen molar-refractivity contribution in [1.29, 1.82) is 0 Å². The lowest BCUT2D eigenvalue weighted by atomic mass is 10.0. The van der Waals surface area contributed by atoms with Crippen LogP contribution in [0.5, 0.6) is 0 Å². The molecule has 1 aliphatic rings. The second kappa shape index (κ2) is 7.42. The number of hydrogen-bond acceptors (Lipinski definition) is 2. The number of nitrogens with two attached hydrogens (primary N) is 1. The van der Waals surface area contributed by atoms with E-state index in [1.165, 1.54) is 31.4 Å². The molecule has 0 bridgehead atoms. The molecule has 1 aromatic carbocycles. The number of likely N-dealkylation sites (tertiary alicyclic amines) is 1. The molecule has 1 unspecified atom stereocenters. The summed E-state index contributed by atoms with van der Waals surface area (Å²) in [6.45, 7) is 5.70. The van der Waals surface area contributed by atoms with Crippen molar-refractivity contribution in [3.63, 3.8) is 0 Å². The van der Waals surface area contributed by atoms with Gasteiger partial charge in [0.05, 0.1) is 6.54 Å². The molecular weight excluding hydrogens is 251 g/mol. The first-order chi connectivity index (χ1) is 9.69. The third-order valence-corrected chi connectivity index (χ3v) is 3.90. The van der Waals surface area contributed by atoms with Crippen molar-refractivity contribution in [2.24, 2.45) is 11.7 Å². The Hall–Kier alpha value is -1.37. The Bertz CT molecular complexity index is 501. The molecule has 1 aliphatic heterocycles. The van der Waals surface area contributed by atoms with Crippen molar-refractivity contribution < 1.29 is 4.39 Å². The summed E-state index contributed by atoms with van der Waals surface area (Å²) in [4.78, 5) is 2.45. The van der Waals surface area contributed by atoms with Gasteiger partial charge in [0.25, 0.3) is 0 Å². The van der Waals surface area contributed by atoms with E-state index in [1.54, 1.807) is 0 Å². The van der Waals surface area contributed by atoms with Crippen LogP contribution in [0.4, 0.5) is 4.39 Å². The summed E-state index contributed by atoms with van der Waals surface area (Å²) >= 11 is 0. The first kappa shape index (κ1) is 15.0. The van der Waals surface area contributed by atoms with Crippen molar-refractivity contribution in [2.75, 3.05) is 19.6 Å². The number of benzene rings is 1. The maximum Gasteiger partial charge on any atom is 0.124 e. The van der Waals surface area contributed by atoms with Crippen LogP contribution in [-0.2, 0) is 6.54 Å². The molecule has 1 fully saturated rings. The summed E-state index contributed by atoms with van der Waals surface area (Å²) in [5.41, 5.74) is 7.28. The van der Waals surface area contributed by atoms with Gasteiger partial charge in [0.15, 0.2) is 0 Å². The molecule has 1 aromatic rings. The molecule has 0 saturated carbocycles. The fourth-order valence-corrected chi connectivity index (χ4v) is 2.67. The maximum atomic E-state index is 13.4. The number of rotatable bonds is 2. The van der Waals surface area contributed by atoms with Crippen LogP contribution in [0.15, 0.2) is 18.2 Å². The van der Waals surface area contributed by atoms with Crippen molar-refractivity contribution in [3.8, 4) is 11.8 Å². The minimum Gasteiger partial charge on any atom is -0.320 e. The predicted octanol–water partition coefficient (Wildman–Crippen LogP) is 2.76. The van der Waals surface area contributed by atoms with Gasteiger partial charge < -0.3 is 5.73 Å². The molecule has 1 saturated heterocycles. The quantitative estimate of drug-likeness (QED) is 0.840. The molecule has 0 amide bonds. The third-order valence-electron chi connectivity index (χ3n) is 3.90. The molecule has 2 N–H and O–H groups in total. The van der Waals surface area contributed by atoms with Crippen LogP contribution in [0.25, 0.3) is 0 Å². The largest absolute Gasteiger partial charge is 0.320 e. The van der Waals surface area contributed by atoms with E-state index in [0.29, 0.717) is 6.54 Å². The molecule has 0 radical (unpaired) electrons. The number of hydrogen-bond donors (Lipinski definition) is 1. The Labute approximate surface area is 121 Å². The van der Waals surface area contributed by atoms with Crippen molar-refractivity contribution in [2.45, 2.75) is 32.7 Å². The highest BCUT2D eigenvalue weighted by Crippen LogP contribution is 2.19. The van der Waals surface area contributed by atoms with E-state index in [1.807, 2.05) is 6.07 Å². The van der Waals surface area contributed by atoms with E-state index in [0.717, 1.165) is 36.7 Å². The molecule has 3 heteroatoms.